The molecule has 5 aromatic carbocycles. The highest BCUT2D eigenvalue weighted by atomic mass is 14.5. The Balaban J connectivity index is 1.46. The van der Waals surface area contributed by atoms with Gasteiger partial charge < -0.3 is 0 Å². The number of rotatable bonds is 2. The molecule has 0 amide bonds. The molecule has 5 aromatic rings. The van der Waals surface area contributed by atoms with Gasteiger partial charge in [-0.05, 0) is 80.6 Å². The predicted octanol–water partition coefficient (Wildman–Crippen LogP) is 8.09. The second-order valence-electron chi connectivity index (χ2n) is 9.46. The Bertz CT molecular complexity index is 1380. The third-order valence-corrected chi connectivity index (χ3v) is 7.68. The highest BCUT2D eigenvalue weighted by Gasteiger charge is 2.47. The molecule has 0 aromatic heterocycles. The zero-order valence-electron chi connectivity index (χ0n) is 18.5. The van der Waals surface area contributed by atoms with E-state index in [0.717, 1.165) is 12.8 Å². The monoisotopic (exact) mass is 420 g/mol. The van der Waals surface area contributed by atoms with E-state index < -0.39 is 0 Å². The second-order valence-corrected chi connectivity index (χ2v) is 9.46. The third kappa shape index (κ3) is 2.77. The molecule has 0 saturated heterocycles. The maximum atomic E-state index is 2.43. The van der Waals surface area contributed by atoms with Crippen LogP contribution in [0.25, 0.3) is 33.4 Å². The molecular weight excluding hydrogens is 396 g/mol. The van der Waals surface area contributed by atoms with Crippen LogP contribution in [0.15, 0.2) is 121 Å². The van der Waals surface area contributed by atoms with Crippen LogP contribution in [0.5, 0.6) is 0 Å². The lowest BCUT2D eigenvalue weighted by molar-refractivity contribution is 0.564. The first kappa shape index (κ1) is 18.7. The Morgan fingerprint density at radius 2 is 0.818 bits per heavy atom. The van der Waals surface area contributed by atoms with Gasteiger partial charge in [-0.3, -0.25) is 0 Å². The zero-order chi connectivity index (χ0) is 21.8. The van der Waals surface area contributed by atoms with E-state index in [1.807, 2.05) is 0 Å². The molecule has 0 radical (unpaired) electrons. The van der Waals surface area contributed by atoms with Crippen molar-refractivity contribution in [3.63, 3.8) is 0 Å². The molecule has 0 nitrogen and oxygen atoms in total. The molecule has 0 bridgehead atoms. The van der Waals surface area contributed by atoms with E-state index in [-0.39, 0.29) is 5.41 Å². The number of benzene rings is 5. The molecule has 0 N–H and O–H groups in total. The van der Waals surface area contributed by atoms with Crippen LogP contribution in [0.1, 0.15) is 22.3 Å². The molecule has 0 heterocycles. The molecule has 0 aliphatic heterocycles. The van der Waals surface area contributed by atoms with E-state index in [9.17, 15) is 0 Å². The van der Waals surface area contributed by atoms with Gasteiger partial charge in [0.05, 0.1) is 0 Å². The van der Waals surface area contributed by atoms with Crippen LogP contribution < -0.4 is 0 Å². The first-order chi connectivity index (χ1) is 16.3. The van der Waals surface area contributed by atoms with Gasteiger partial charge in [0.1, 0.15) is 0 Å². The van der Waals surface area contributed by atoms with Crippen molar-refractivity contribution in [2.24, 2.45) is 0 Å². The minimum absolute atomic E-state index is 0.0405. The summed E-state index contributed by atoms with van der Waals surface area (Å²) in [7, 11) is 0. The summed E-state index contributed by atoms with van der Waals surface area (Å²) < 4.78 is 0. The summed E-state index contributed by atoms with van der Waals surface area (Å²) in [5.41, 5.74) is 13.9. The van der Waals surface area contributed by atoms with Crippen molar-refractivity contribution < 1.29 is 0 Å². The van der Waals surface area contributed by atoms with Crippen LogP contribution in [0, 0.1) is 0 Å². The van der Waals surface area contributed by atoms with Crippen LogP contribution in [0.2, 0.25) is 0 Å². The molecule has 0 saturated carbocycles. The number of hydrogen-bond donors (Lipinski definition) is 0. The van der Waals surface area contributed by atoms with Gasteiger partial charge in [0.25, 0.3) is 0 Å². The summed E-state index contributed by atoms with van der Waals surface area (Å²) >= 11 is 0. The lowest BCUT2D eigenvalue weighted by Gasteiger charge is -2.27. The topological polar surface area (TPSA) is 0 Å². The maximum absolute atomic E-state index is 2.43. The van der Waals surface area contributed by atoms with Crippen molar-refractivity contribution in [3.05, 3.63) is 144 Å². The van der Waals surface area contributed by atoms with E-state index in [1.54, 1.807) is 0 Å². The molecule has 2 aliphatic rings. The Morgan fingerprint density at radius 3 is 1.27 bits per heavy atom. The van der Waals surface area contributed by atoms with E-state index >= 15 is 0 Å². The maximum Gasteiger partial charge on any atom is 0.0295 e. The summed E-state index contributed by atoms with van der Waals surface area (Å²) in [6, 6.07) is 44.8. The molecular formula is C33H24. The van der Waals surface area contributed by atoms with Crippen LogP contribution in [-0.2, 0) is 18.3 Å². The van der Waals surface area contributed by atoms with Gasteiger partial charge in [-0.2, -0.15) is 0 Å². The Labute approximate surface area is 195 Å². The van der Waals surface area contributed by atoms with Gasteiger partial charge in [0, 0.05) is 5.41 Å². The fourth-order valence-electron chi connectivity index (χ4n) is 6.13. The quantitative estimate of drug-likeness (QED) is 0.271. The van der Waals surface area contributed by atoms with Gasteiger partial charge in [-0.1, -0.05) is 109 Å². The highest BCUT2D eigenvalue weighted by molar-refractivity contribution is 5.88. The van der Waals surface area contributed by atoms with Gasteiger partial charge in [-0.15, -0.1) is 0 Å². The smallest absolute Gasteiger partial charge is 0.0295 e. The summed E-state index contributed by atoms with van der Waals surface area (Å²) in [5, 5.41) is 0. The van der Waals surface area contributed by atoms with Crippen molar-refractivity contribution in [3.8, 4) is 33.4 Å². The SMILES string of the molecule is c1ccc(-c2ccc3c(c2)-c2cc(-c4ccccc4)ccc2C32Cc3ccccc3C2)cc1. The first-order valence-electron chi connectivity index (χ1n) is 11.8. The van der Waals surface area contributed by atoms with Crippen LogP contribution in [-0.4, -0.2) is 0 Å². The Hall–Kier alpha value is -3.90. The normalized spacial score (nSPS) is 14.7. The van der Waals surface area contributed by atoms with Crippen molar-refractivity contribution >= 4 is 0 Å². The van der Waals surface area contributed by atoms with Crippen LogP contribution >= 0.6 is 0 Å². The summed E-state index contributed by atoms with van der Waals surface area (Å²) in [6.07, 6.45) is 2.16. The Kier molecular flexibility index (Phi) is 3.98. The van der Waals surface area contributed by atoms with Gasteiger partial charge in [0.2, 0.25) is 0 Å². The lowest BCUT2D eigenvalue weighted by Crippen LogP contribution is -2.25. The zero-order valence-corrected chi connectivity index (χ0v) is 18.5. The molecule has 2 aliphatic carbocycles. The Morgan fingerprint density at radius 1 is 0.394 bits per heavy atom. The summed E-state index contributed by atoms with van der Waals surface area (Å²) in [5.74, 6) is 0. The largest absolute Gasteiger partial charge is 0.0622 e. The molecule has 0 fully saturated rings. The van der Waals surface area contributed by atoms with Gasteiger partial charge in [-0.25, -0.2) is 0 Å². The number of fused-ring (bicyclic) bond motifs is 6. The summed E-state index contributed by atoms with van der Waals surface area (Å²) in [4.78, 5) is 0. The van der Waals surface area contributed by atoms with E-state index in [1.165, 1.54) is 55.6 Å². The molecule has 7 rings (SSSR count). The van der Waals surface area contributed by atoms with Crippen LogP contribution in [0.4, 0.5) is 0 Å². The highest BCUT2D eigenvalue weighted by Crippen LogP contribution is 2.56. The third-order valence-electron chi connectivity index (χ3n) is 7.68. The molecule has 0 heteroatoms. The van der Waals surface area contributed by atoms with Gasteiger partial charge in [0.15, 0.2) is 0 Å². The minimum Gasteiger partial charge on any atom is -0.0622 e. The fourth-order valence-corrected chi connectivity index (χ4v) is 6.13. The van der Waals surface area contributed by atoms with E-state index in [0.29, 0.717) is 0 Å². The second kappa shape index (κ2) is 7.05. The average molecular weight is 421 g/mol. The van der Waals surface area contributed by atoms with Crippen molar-refractivity contribution in [2.45, 2.75) is 18.3 Å². The van der Waals surface area contributed by atoms with E-state index in [4.69, 9.17) is 0 Å². The average Bonchev–Trinajstić information content (AvgIpc) is 3.40. The molecule has 0 unspecified atom stereocenters. The molecule has 33 heavy (non-hydrogen) atoms. The molecule has 0 atom stereocenters. The van der Waals surface area contributed by atoms with Crippen molar-refractivity contribution in [1.82, 2.24) is 0 Å². The van der Waals surface area contributed by atoms with Crippen molar-refractivity contribution in [2.75, 3.05) is 0 Å². The number of hydrogen-bond acceptors (Lipinski definition) is 0. The van der Waals surface area contributed by atoms with Crippen molar-refractivity contribution in [1.29, 1.82) is 0 Å². The first-order valence-corrected chi connectivity index (χ1v) is 11.8. The molecule has 156 valence electrons. The minimum atomic E-state index is 0.0405. The lowest BCUT2D eigenvalue weighted by atomic mass is 9.75. The standard InChI is InChI=1S/C33H24/c1-3-9-23(10-4-1)25-15-17-31-29(19-25)30-20-26(24-11-5-2-6-12-24)16-18-32(30)33(31)21-27-13-7-8-14-28(27)22-33/h1-20H,21-22H2. The predicted molar refractivity (Wildman–Crippen MR) is 137 cm³/mol. The van der Waals surface area contributed by atoms with Gasteiger partial charge >= 0.3 is 0 Å². The summed E-state index contributed by atoms with van der Waals surface area (Å²) in [6.45, 7) is 0. The molecule has 1 spiro atoms. The van der Waals surface area contributed by atoms with E-state index in [2.05, 4.69) is 121 Å². The van der Waals surface area contributed by atoms with Crippen LogP contribution in [0.3, 0.4) is 0 Å². The fraction of sp³-hybridized carbons (Fsp3) is 0.0909.